The lowest BCUT2D eigenvalue weighted by Crippen LogP contribution is -2.18. The second kappa shape index (κ2) is 8.97. The molecular formula is C15H19N3O4S. The Balaban J connectivity index is 3.38. The number of rotatable bonds is 7. The molecule has 0 aliphatic heterocycles. The second-order valence-electron chi connectivity index (χ2n) is 4.49. The third-order valence-corrected chi connectivity index (χ3v) is 4.09. The molecule has 0 aromatic carbocycles. The van der Waals surface area contributed by atoms with E-state index in [2.05, 4.69) is 10.0 Å². The zero-order valence-electron chi connectivity index (χ0n) is 13.6. The van der Waals surface area contributed by atoms with Gasteiger partial charge in [-0.15, -0.1) is 11.3 Å². The van der Waals surface area contributed by atoms with Crippen molar-refractivity contribution in [1.82, 2.24) is 0 Å². The predicted octanol–water partition coefficient (Wildman–Crippen LogP) is 3.68. The molecule has 0 unspecified atom stereocenters. The average Bonchev–Trinajstić information content (AvgIpc) is 2.76. The highest BCUT2D eigenvalue weighted by molar-refractivity contribution is 7.12. The van der Waals surface area contributed by atoms with Crippen LogP contribution < -0.4 is 0 Å². The van der Waals surface area contributed by atoms with Gasteiger partial charge in [-0.05, 0) is 50.4 Å². The van der Waals surface area contributed by atoms with Crippen LogP contribution in [0, 0.1) is 13.8 Å². The standard InChI is InChI=1S/C15H19N3O4S/c1-5-21-14(19)12(15(20)22-6-2)7-11-9(3)23-10(4)13(11)8-17-18-16/h7H,5-6,8H2,1-4H3. The zero-order chi connectivity index (χ0) is 17.4. The Morgan fingerprint density at radius 2 is 1.74 bits per heavy atom. The molecule has 0 bridgehead atoms. The van der Waals surface area contributed by atoms with E-state index in [-0.39, 0.29) is 25.3 Å². The number of azide groups is 1. The maximum Gasteiger partial charge on any atom is 0.345 e. The monoisotopic (exact) mass is 337 g/mol. The normalized spacial score (nSPS) is 9.74. The van der Waals surface area contributed by atoms with Crippen molar-refractivity contribution in [2.24, 2.45) is 5.11 Å². The van der Waals surface area contributed by atoms with Gasteiger partial charge in [-0.2, -0.15) is 0 Å². The Bertz CT molecular complexity index is 653. The SMILES string of the molecule is CCOC(=O)C(=Cc1c(C)sc(C)c1CN=[N+]=[N-])C(=O)OCC. The van der Waals surface area contributed by atoms with Crippen molar-refractivity contribution >= 4 is 29.4 Å². The summed E-state index contributed by atoms with van der Waals surface area (Å²) < 4.78 is 9.85. The van der Waals surface area contributed by atoms with Crippen LogP contribution in [0.1, 0.15) is 34.7 Å². The van der Waals surface area contributed by atoms with Gasteiger partial charge in [0.1, 0.15) is 5.57 Å². The third-order valence-electron chi connectivity index (χ3n) is 3.01. The number of hydrogen-bond donors (Lipinski definition) is 0. The van der Waals surface area contributed by atoms with E-state index in [4.69, 9.17) is 15.0 Å². The summed E-state index contributed by atoms with van der Waals surface area (Å²) in [5.41, 5.74) is 9.82. The summed E-state index contributed by atoms with van der Waals surface area (Å²) in [6.45, 7) is 7.55. The highest BCUT2D eigenvalue weighted by Gasteiger charge is 2.23. The van der Waals surface area contributed by atoms with E-state index in [0.29, 0.717) is 5.56 Å². The van der Waals surface area contributed by atoms with Crippen LogP contribution in [0.5, 0.6) is 0 Å². The summed E-state index contributed by atoms with van der Waals surface area (Å²) in [7, 11) is 0. The van der Waals surface area contributed by atoms with Crippen LogP contribution >= 0.6 is 11.3 Å². The quantitative estimate of drug-likeness (QED) is 0.144. The third kappa shape index (κ3) is 4.84. The second-order valence-corrected chi connectivity index (χ2v) is 5.92. The fraction of sp³-hybridized carbons (Fsp3) is 0.467. The minimum Gasteiger partial charge on any atom is -0.462 e. The predicted molar refractivity (Wildman–Crippen MR) is 87.9 cm³/mol. The highest BCUT2D eigenvalue weighted by Crippen LogP contribution is 2.30. The molecule has 0 saturated heterocycles. The average molecular weight is 337 g/mol. The number of aryl methyl sites for hydroxylation is 2. The first-order chi connectivity index (χ1) is 11.0. The highest BCUT2D eigenvalue weighted by atomic mass is 32.1. The zero-order valence-corrected chi connectivity index (χ0v) is 14.4. The summed E-state index contributed by atoms with van der Waals surface area (Å²) in [5.74, 6) is -1.46. The Hall–Kier alpha value is -2.31. The van der Waals surface area contributed by atoms with Gasteiger partial charge in [0.15, 0.2) is 0 Å². The lowest BCUT2D eigenvalue weighted by atomic mass is 10.1. The molecule has 0 radical (unpaired) electrons. The summed E-state index contributed by atoms with van der Waals surface area (Å²) in [5, 5.41) is 3.57. The molecule has 1 aromatic rings. The van der Waals surface area contributed by atoms with Gasteiger partial charge in [0.2, 0.25) is 0 Å². The molecule has 1 aromatic heterocycles. The molecule has 124 valence electrons. The van der Waals surface area contributed by atoms with Crippen LogP contribution in [0.15, 0.2) is 10.7 Å². The van der Waals surface area contributed by atoms with Crippen LogP contribution in [0.25, 0.3) is 16.5 Å². The van der Waals surface area contributed by atoms with E-state index in [1.807, 2.05) is 13.8 Å². The van der Waals surface area contributed by atoms with Crippen molar-refractivity contribution in [3.05, 3.63) is 36.9 Å². The van der Waals surface area contributed by atoms with Gasteiger partial charge < -0.3 is 9.47 Å². The summed E-state index contributed by atoms with van der Waals surface area (Å²) in [4.78, 5) is 28.7. The number of carbonyl (C=O) groups is 2. The minimum absolute atomic E-state index is 0.150. The largest absolute Gasteiger partial charge is 0.462 e. The first-order valence-corrected chi connectivity index (χ1v) is 7.93. The van der Waals surface area contributed by atoms with Crippen molar-refractivity contribution in [2.45, 2.75) is 34.2 Å². The molecule has 7 nitrogen and oxygen atoms in total. The van der Waals surface area contributed by atoms with Crippen molar-refractivity contribution in [3.8, 4) is 0 Å². The molecule has 0 atom stereocenters. The number of hydrogen-bond acceptors (Lipinski definition) is 6. The van der Waals surface area contributed by atoms with E-state index >= 15 is 0 Å². The lowest BCUT2D eigenvalue weighted by molar-refractivity contribution is -0.146. The summed E-state index contributed by atoms with van der Waals surface area (Å²) in [6, 6.07) is 0. The van der Waals surface area contributed by atoms with Crippen LogP contribution in [0.4, 0.5) is 0 Å². The molecule has 23 heavy (non-hydrogen) atoms. The van der Waals surface area contributed by atoms with Crippen LogP contribution in [0.2, 0.25) is 0 Å². The molecule has 0 saturated carbocycles. The van der Waals surface area contributed by atoms with Crippen molar-refractivity contribution < 1.29 is 19.1 Å². The number of thiophene rings is 1. The van der Waals surface area contributed by atoms with Crippen molar-refractivity contribution in [1.29, 1.82) is 0 Å². The van der Waals surface area contributed by atoms with Crippen LogP contribution in [-0.4, -0.2) is 25.2 Å². The van der Waals surface area contributed by atoms with Gasteiger partial charge >= 0.3 is 11.9 Å². The first kappa shape index (κ1) is 18.7. The summed E-state index contributed by atoms with van der Waals surface area (Å²) in [6.07, 6.45) is 1.46. The molecule has 0 amide bonds. The van der Waals surface area contributed by atoms with E-state index < -0.39 is 11.9 Å². The van der Waals surface area contributed by atoms with Gasteiger partial charge in [-0.3, -0.25) is 0 Å². The molecule has 1 rings (SSSR count). The van der Waals surface area contributed by atoms with Crippen molar-refractivity contribution in [2.75, 3.05) is 13.2 Å². The Kier molecular flexibility index (Phi) is 7.31. The number of ether oxygens (including phenoxy) is 2. The Labute approximate surface area is 138 Å². The summed E-state index contributed by atoms with van der Waals surface area (Å²) >= 11 is 1.51. The molecule has 0 aliphatic rings. The number of carbonyl (C=O) groups excluding carboxylic acids is 2. The van der Waals surface area contributed by atoms with Crippen LogP contribution in [0.3, 0.4) is 0 Å². The lowest BCUT2D eigenvalue weighted by Gasteiger charge is -2.07. The van der Waals surface area contributed by atoms with E-state index in [9.17, 15) is 9.59 Å². The molecular weight excluding hydrogens is 318 g/mol. The smallest absolute Gasteiger partial charge is 0.345 e. The first-order valence-electron chi connectivity index (χ1n) is 7.11. The topological polar surface area (TPSA) is 101 Å². The van der Waals surface area contributed by atoms with E-state index in [1.54, 1.807) is 13.8 Å². The van der Waals surface area contributed by atoms with Gasteiger partial charge in [-0.25, -0.2) is 9.59 Å². The van der Waals surface area contributed by atoms with Crippen molar-refractivity contribution in [3.63, 3.8) is 0 Å². The van der Waals surface area contributed by atoms with Gasteiger partial charge in [0.05, 0.1) is 19.8 Å². The van der Waals surface area contributed by atoms with Gasteiger partial charge in [0, 0.05) is 14.7 Å². The van der Waals surface area contributed by atoms with Gasteiger partial charge in [0.25, 0.3) is 0 Å². The minimum atomic E-state index is -0.732. The Morgan fingerprint density at radius 1 is 1.17 bits per heavy atom. The fourth-order valence-corrected chi connectivity index (χ4v) is 3.05. The van der Waals surface area contributed by atoms with E-state index in [0.717, 1.165) is 15.3 Å². The fourth-order valence-electron chi connectivity index (χ4n) is 2.00. The Morgan fingerprint density at radius 3 is 2.22 bits per heavy atom. The molecule has 0 spiro atoms. The molecule has 1 heterocycles. The molecule has 0 aliphatic carbocycles. The maximum atomic E-state index is 12.0. The molecule has 0 N–H and O–H groups in total. The number of nitrogens with zero attached hydrogens (tertiary/aromatic N) is 3. The maximum absolute atomic E-state index is 12.0. The van der Waals surface area contributed by atoms with Gasteiger partial charge in [-0.1, -0.05) is 5.11 Å². The number of esters is 2. The molecule has 0 fully saturated rings. The van der Waals surface area contributed by atoms with E-state index in [1.165, 1.54) is 17.4 Å². The molecule has 8 heteroatoms. The van der Waals surface area contributed by atoms with Crippen LogP contribution in [-0.2, 0) is 25.6 Å².